The van der Waals surface area contributed by atoms with Crippen molar-refractivity contribution in [2.45, 2.75) is 25.7 Å². The molecule has 0 bridgehead atoms. The Balaban J connectivity index is 1.18. The summed E-state index contributed by atoms with van der Waals surface area (Å²) < 4.78 is 0. The second-order valence-corrected chi connectivity index (χ2v) is 7.58. The molecule has 154 valence electrons. The Hall–Kier alpha value is -3.48. The van der Waals surface area contributed by atoms with Gasteiger partial charge in [-0.3, -0.25) is 29.0 Å². The highest BCUT2D eigenvalue weighted by molar-refractivity contribution is 6.22. The third-order valence-corrected chi connectivity index (χ3v) is 5.61. The van der Waals surface area contributed by atoms with Crippen molar-refractivity contribution in [2.75, 3.05) is 25.5 Å². The molecule has 7 heteroatoms. The number of rotatable bonds is 8. The quantitative estimate of drug-likeness (QED) is 0.538. The van der Waals surface area contributed by atoms with E-state index in [-0.39, 0.29) is 23.6 Å². The Kier molecular flexibility index (Phi) is 5.35. The first-order valence-corrected chi connectivity index (χ1v) is 10.1. The fourth-order valence-corrected chi connectivity index (χ4v) is 3.89. The van der Waals surface area contributed by atoms with E-state index in [0.717, 1.165) is 42.8 Å². The minimum Gasteiger partial charge on any atom is -0.385 e. The number of carbonyl (C=O) groups excluding carboxylic acids is 4. The Labute approximate surface area is 174 Å². The van der Waals surface area contributed by atoms with Crippen LogP contribution in [0.25, 0.3) is 0 Å². The molecule has 0 spiro atoms. The van der Waals surface area contributed by atoms with Crippen LogP contribution in [-0.4, -0.2) is 53.6 Å². The predicted octanol–water partition coefficient (Wildman–Crippen LogP) is 3.18. The van der Waals surface area contributed by atoms with E-state index in [1.807, 2.05) is 6.07 Å². The molecule has 0 saturated carbocycles. The molecule has 0 saturated heterocycles. The summed E-state index contributed by atoms with van der Waals surface area (Å²) in [6, 6.07) is 12.2. The topological polar surface area (TPSA) is 86.8 Å². The van der Waals surface area contributed by atoms with Gasteiger partial charge in [0.25, 0.3) is 23.6 Å². The van der Waals surface area contributed by atoms with Crippen molar-refractivity contribution in [3.63, 3.8) is 0 Å². The Morgan fingerprint density at radius 3 is 2.00 bits per heavy atom. The first-order chi connectivity index (χ1) is 14.5. The minimum absolute atomic E-state index is 0.201. The van der Waals surface area contributed by atoms with Crippen molar-refractivity contribution in [3.8, 4) is 0 Å². The Bertz CT molecular complexity index is 1010. The van der Waals surface area contributed by atoms with Crippen LogP contribution >= 0.6 is 0 Å². The van der Waals surface area contributed by atoms with Crippen LogP contribution in [0.15, 0.2) is 42.5 Å². The van der Waals surface area contributed by atoms with Gasteiger partial charge in [0.15, 0.2) is 0 Å². The molecule has 0 aliphatic carbocycles. The van der Waals surface area contributed by atoms with Crippen molar-refractivity contribution in [1.82, 2.24) is 9.80 Å². The van der Waals surface area contributed by atoms with Gasteiger partial charge in [-0.25, -0.2) is 0 Å². The zero-order chi connectivity index (χ0) is 21.3. The van der Waals surface area contributed by atoms with Crippen LogP contribution in [-0.2, 0) is 0 Å². The lowest BCUT2D eigenvalue weighted by Crippen LogP contribution is -2.30. The van der Waals surface area contributed by atoms with Crippen molar-refractivity contribution in [3.05, 3.63) is 64.7 Å². The molecular formula is C23H23N3O4. The third-order valence-electron chi connectivity index (χ3n) is 5.61. The van der Waals surface area contributed by atoms with Crippen molar-refractivity contribution >= 4 is 29.3 Å². The van der Waals surface area contributed by atoms with E-state index in [9.17, 15) is 19.2 Å². The monoisotopic (exact) mass is 405 g/mol. The molecule has 2 heterocycles. The molecule has 2 aromatic carbocycles. The predicted molar refractivity (Wildman–Crippen MR) is 112 cm³/mol. The van der Waals surface area contributed by atoms with Crippen LogP contribution in [0.4, 0.5) is 5.69 Å². The second kappa shape index (κ2) is 8.10. The maximum atomic E-state index is 12.3. The van der Waals surface area contributed by atoms with Crippen LogP contribution in [0.2, 0.25) is 0 Å². The number of nitrogens with zero attached hydrogens (tertiary/aromatic N) is 2. The van der Waals surface area contributed by atoms with E-state index in [2.05, 4.69) is 5.32 Å². The zero-order valence-corrected chi connectivity index (χ0v) is 16.8. The molecule has 4 amide bonds. The number of nitrogens with one attached hydrogen (secondary N) is 1. The van der Waals surface area contributed by atoms with E-state index in [4.69, 9.17) is 0 Å². The number of unbranched alkanes of at least 4 members (excludes halogenated alkanes) is 3. The summed E-state index contributed by atoms with van der Waals surface area (Å²) in [4.78, 5) is 51.1. The smallest absolute Gasteiger partial charge is 0.261 e. The summed E-state index contributed by atoms with van der Waals surface area (Å²) in [6.45, 7) is 1.18. The maximum Gasteiger partial charge on any atom is 0.261 e. The molecule has 0 aromatic heterocycles. The summed E-state index contributed by atoms with van der Waals surface area (Å²) >= 11 is 0. The lowest BCUT2D eigenvalue weighted by atomic mass is 10.1. The number of imide groups is 2. The summed E-state index contributed by atoms with van der Waals surface area (Å²) in [5.41, 5.74) is 2.69. The van der Waals surface area contributed by atoms with Gasteiger partial charge in [-0.05, 0) is 43.2 Å². The number of hydrogen-bond donors (Lipinski definition) is 1. The second-order valence-electron chi connectivity index (χ2n) is 7.58. The van der Waals surface area contributed by atoms with Gasteiger partial charge < -0.3 is 5.32 Å². The van der Waals surface area contributed by atoms with Gasteiger partial charge in [0, 0.05) is 25.8 Å². The molecule has 2 aromatic rings. The highest BCUT2D eigenvalue weighted by atomic mass is 16.2. The molecule has 7 nitrogen and oxygen atoms in total. The number of anilines is 1. The number of benzene rings is 2. The van der Waals surface area contributed by atoms with Crippen molar-refractivity contribution in [1.29, 1.82) is 0 Å². The summed E-state index contributed by atoms with van der Waals surface area (Å²) in [7, 11) is 1.49. The highest BCUT2D eigenvalue weighted by Gasteiger charge is 2.34. The Morgan fingerprint density at radius 2 is 1.30 bits per heavy atom. The average Bonchev–Trinajstić information content (AvgIpc) is 3.13. The van der Waals surface area contributed by atoms with Crippen LogP contribution < -0.4 is 5.32 Å². The molecule has 0 unspecified atom stereocenters. The number of carbonyl (C=O) groups is 4. The molecule has 2 aliphatic rings. The largest absolute Gasteiger partial charge is 0.385 e. The molecule has 0 radical (unpaired) electrons. The van der Waals surface area contributed by atoms with E-state index in [1.165, 1.54) is 11.9 Å². The number of hydrogen-bond acceptors (Lipinski definition) is 5. The first kappa shape index (κ1) is 19.8. The van der Waals surface area contributed by atoms with Crippen LogP contribution in [0, 0.1) is 0 Å². The molecular weight excluding hydrogens is 382 g/mol. The average molecular weight is 405 g/mol. The van der Waals surface area contributed by atoms with Gasteiger partial charge in [0.05, 0.1) is 22.3 Å². The highest BCUT2D eigenvalue weighted by Crippen LogP contribution is 2.25. The van der Waals surface area contributed by atoms with Gasteiger partial charge >= 0.3 is 0 Å². The summed E-state index contributed by atoms with van der Waals surface area (Å²) in [5.74, 6) is -0.938. The fourth-order valence-electron chi connectivity index (χ4n) is 3.89. The molecule has 1 N–H and O–H groups in total. The van der Waals surface area contributed by atoms with E-state index >= 15 is 0 Å². The fraction of sp³-hybridized carbons (Fsp3) is 0.304. The van der Waals surface area contributed by atoms with Crippen molar-refractivity contribution < 1.29 is 19.2 Å². The molecule has 4 rings (SSSR count). The van der Waals surface area contributed by atoms with Gasteiger partial charge in [0.1, 0.15) is 0 Å². The first-order valence-electron chi connectivity index (χ1n) is 10.1. The molecule has 30 heavy (non-hydrogen) atoms. The van der Waals surface area contributed by atoms with Gasteiger partial charge in [0.2, 0.25) is 0 Å². The van der Waals surface area contributed by atoms with Crippen LogP contribution in [0.3, 0.4) is 0 Å². The molecule has 0 atom stereocenters. The standard InChI is InChI=1S/C23H23N3O4/c1-25-20(27)18-11-10-15(14-19(18)21(25)28)24-12-6-2-3-7-13-26-22(29)16-8-4-5-9-17(16)23(26)30/h4-5,8-11,14,24H,2-3,6-7,12-13H2,1H3. The minimum atomic E-state index is -0.271. The zero-order valence-electron chi connectivity index (χ0n) is 16.8. The lowest BCUT2D eigenvalue weighted by molar-refractivity contribution is 0.0646. The van der Waals surface area contributed by atoms with Gasteiger partial charge in [-0.1, -0.05) is 25.0 Å². The normalized spacial score (nSPS) is 15.1. The molecule has 2 aliphatic heterocycles. The van der Waals surface area contributed by atoms with Crippen LogP contribution in [0.5, 0.6) is 0 Å². The number of amides is 4. The van der Waals surface area contributed by atoms with E-state index < -0.39 is 0 Å². The number of fused-ring (bicyclic) bond motifs is 2. The van der Waals surface area contributed by atoms with Gasteiger partial charge in [-0.2, -0.15) is 0 Å². The SMILES string of the molecule is CN1C(=O)c2ccc(NCCCCCCN3C(=O)c4ccccc4C3=O)cc2C1=O. The molecule has 0 fully saturated rings. The van der Waals surface area contributed by atoms with Crippen LogP contribution in [0.1, 0.15) is 67.1 Å². The lowest BCUT2D eigenvalue weighted by Gasteiger charge is -2.13. The summed E-state index contributed by atoms with van der Waals surface area (Å²) in [6.07, 6.45) is 3.57. The maximum absolute atomic E-state index is 12.3. The van der Waals surface area contributed by atoms with Gasteiger partial charge in [-0.15, -0.1) is 0 Å². The van der Waals surface area contributed by atoms with Crippen molar-refractivity contribution in [2.24, 2.45) is 0 Å². The third kappa shape index (κ3) is 3.47. The van der Waals surface area contributed by atoms with E-state index in [1.54, 1.807) is 36.4 Å². The Morgan fingerprint density at radius 1 is 0.700 bits per heavy atom. The van der Waals surface area contributed by atoms with E-state index in [0.29, 0.717) is 28.8 Å². The summed E-state index contributed by atoms with van der Waals surface area (Å²) in [5, 5.41) is 3.28.